The number of carbonyl (C=O) groups is 1. The molecular formula is C16H21ClN2O. The van der Waals surface area contributed by atoms with Crippen LogP contribution in [0.5, 0.6) is 0 Å². The van der Waals surface area contributed by atoms with Gasteiger partial charge in [-0.2, -0.15) is 0 Å². The van der Waals surface area contributed by atoms with E-state index in [1.807, 2.05) is 24.3 Å². The van der Waals surface area contributed by atoms with E-state index in [9.17, 15) is 4.79 Å². The molecule has 1 aromatic rings. The Kier molecular flexibility index (Phi) is 5.93. The third kappa shape index (κ3) is 5.25. The molecule has 0 fully saturated rings. The largest absolute Gasteiger partial charge is 0.376 e. The van der Waals surface area contributed by atoms with Crippen LogP contribution in [0.2, 0.25) is 5.02 Å². The first-order valence-corrected chi connectivity index (χ1v) is 7.56. The number of amides is 1. The normalized spacial score (nSPS) is 14.6. The standard InChI is InChI=1S/C16H21ClN2O/c17-14-7-4-8-15(11-14)19-12-16(20)18-10-9-13-5-2-1-3-6-13/h4-5,7-8,11,19H,1-3,6,9-10,12H2,(H,18,20). The van der Waals surface area contributed by atoms with Gasteiger partial charge in [-0.05, 0) is 50.3 Å². The molecule has 0 aliphatic heterocycles. The zero-order valence-electron chi connectivity index (χ0n) is 11.6. The van der Waals surface area contributed by atoms with Gasteiger partial charge in [-0.25, -0.2) is 0 Å². The molecule has 20 heavy (non-hydrogen) atoms. The highest BCUT2D eigenvalue weighted by Crippen LogP contribution is 2.19. The Labute approximate surface area is 125 Å². The molecule has 108 valence electrons. The van der Waals surface area contributed by atoms with Crippen LogP contribution in [0.1, 0.15) is 32.1 Å². The van der Waals surface area contributed by atoms with Gasteiger partial charge in [0, 0.05) is 17.3 Å². The molecule has 0 saturated carbocycles. The fourth-order valence-corrected chi connectivity index (χ4v) is 2.53. The molecule has 2 N–H and O–H groups in total. The second-order valence-corrected chi connectivity index (χ2v) is 5.51. The van der Waals surface area contributed by atoms with Gasteiger partial charge in [0.05, 0.1) is 6.54 Å². The molecule has 0 bridgehead atoms. The monoisotopic (exact) mass is 292 g/mol. The Morgan fingerprint density at radius 1 is 1.30 bits per heavy atom. The number of anilines is 1. The van der Waals surface area contributed by atoms with E-state index in [0.717, 1.165) is 18.7 Å². The van der Waals surface area contributed by atoms with Gasteiger partial charge in [0.2, 0.25) is 5.91 Å². The van der Waals surface area contributed by atoms with E-state index in [1.165, 1.54) is 31.3 Å². The zero-order valence-corrected chi connectivity index (χ0v) is 12.4. The number of benzene rings is 1. The van der Waals surface area contributed by atoms with Crippen LogP contribution in [0.15, 0.2) is 35.9 Å². The number of halogens is 1. The van der Waals surface area contributed by atoms with Crippen LogP contribution < -0.4 is 10.6 Å². The van der Waals surface area contributed by atoms with Crippen molar-refractivity contribution in [3.05, 3.63) is 40.9 Å². The summed E-state index contributed by atoms with van der Waals surface area (Å²) >= 11 is 5.88. The van der Waals surface area contributed by atoms with Gasteiger partial charge in [0.15, 0.2) is 0 Å². The van der Waals surface area contributed by atoms with E-state index in [-0.39, 0.29) is 12.5 Å². The lowest BCUT2D eigenvalue weighted by atomic mass is 9.97. The van der Waals surface area contributed by atoms with Crippen LogP contribution in [0.25, 0.3) is 0 Å². The molecule has 0 aromatic heterocycles. The summed E-state index contributed by atoms with van der Waals surface area (Å²) in [5.41, 5.74) is 2.35. The summed E-state index contributed by atoms with van der Waals surface area (Å²) in [6, 6.07) is 7.37. The summed E-state index contributed by atoms with van der Waals surface area (Å²) in [5.74, 6) is 0.0152. The second kappa shape index (κ2) is 7.95. The molecule has 0 unspecified atom stereocenters. The average molecular weight is 293 g/mol. The van der Waals surface area contributed by atoms with E-state index < -0.39 is 0 Å². The minimum absolute atomic E-state index is 0.0152. The summed E-state index contributed by atoms with van der Waals surface area (Å²) in [6.07, 6.45) is 8.27. The Balaban J connectivity index is 1.64. The van der Waals surface area contributed by atoms with Gasteiger partial charge < -0.3 is 10.6 Å². The molecule has 0 heterocycles. The molecule has 4 heteroatoms. The van der Waals surface area contributed by atoms with E-state index in [2.05, 4.69) is 16.7 Å². The Morgan fingerprint density at radius 3 is 2.95 bits per heavy atom. The van der Waals surface area contributed by atoms with Crippen molar-refractivity contribution >= 4 is 23.2 Å². The van der Waals surface area contributed by atoms with Crippen LogP contribution in [0.3, 0.4) is 0 Å². The van der Waals surface area contributed by atoms with Gasteiger partial charge in [-0.1, -0.05) is 29.3 Å². The van der Waals surface area contributed by atoms with Crippen LogP contribution in [-0.4, -0.2) is 19.0 Å². The molecular weight excluding hydrogens is 272 g/mol. The number of hydrogen-bond donors (Lipinski definition) is 2. The highest BCUT2D eigenvalue weighted by Gasteiger charge is 2.05. The maximum absolute atomic E-state index is 11.7. The molecule has 0 saturated heterocycles. The fraction of sp³-hybridized carbons (Fsp3) is 0.438. The predicted octanol–water partition coefficient (Wildman–Crippen LogP) is 3.76. The van der Waals surface area contributed by atoms with Crippen LogP contribution >= 0.6 is 11.6 Å². The van der Waals surface area contributed by atoms with E-state index in [4.69, 9.17) is 11.6 Å². The molecule has 1 aliphatic carbocycles. The van der Waals surface area contributed by atoms with Crippen molar-refractivity contribution in [2.24, 2.45) is 0 Å². The first-order valence-electron chi connectivity index (χ1n) is 7.18. The Morgan fingerprint density at radius 2 is 2.20 bits per heavy atom. The lowest BCUT2D eigenvalue weighted by Crippen LogP contribution is -2.30. The number of hydrogen-bond acceptors (Lipinski definition) is 2. The fourth-order valence-electron chi connectivity index (χ4n) is 2.34. The average Bonchev–Trinajstić information content (AvgIpc) is 2.46. The molecule has 0 atom stereocenters. The van der Waals surface area contributed by atoms with Gasteiger partial charge >= 0.3 is 0 Å². The minimum Gasteiger partial charge on any atom is -0.376 e. The molecule has 2 rings (SSSR count). The topological polar surface area (TPSA) is 41.1 Å². The predicted molar refractivity (Wildman–Crippen MR) is 84.1 cm³/mol. The van der Waals surface area contributed by atoms with Gasteiger partial charge in [-0.15, -0.1) is 0 Å². The number of allylic oxidation sites excluding steroid dienone is 1. The maximum Gasteiger partial charge on any atom is 0.239 e. The summed E-state index contributed by atoms with van der Waals surface area (Å²) in [7, 11) is 0. The first kappa shape index (κ1) is 14.9. The third-order valence-electron chi connectivity index (χ3n) is 3.43. The molecule has 3 nitrogen and oxygen atoms in total. The molecule has 1 amide bonds. The van der Waals surface area contributed by atoms with E-state index in [1.54, 1.807) is 0 Å². The first-order chi connectivity index (χ1) is 9.74. The molecule has 0 radical (unpaired) electrons. The highest BCUT2D eigenvalue weighted by atomic mass is 35.5. The van der Waals surface area contributed by atoms with E-state index >= 15 is 0 Å². The van der Waals surface area contributed by atoms with Crippen molar-refractivity contribution in [2.45, 2.75) is 32.1 Å². The highest BCUT2D eigenvalue weighted by molar-refractivity contribution is 6.30. The van der Waals surface area contributed by atoms with Crippen molar-refractivity contribution in [3.63, 3.8) is 0 Å². The quantitative estimate of drug-likeness (QED) is 0.784. The maximum atomic E-state index is 11.7. The summed E-state index contributed by atoms with van der Waals surface area (Å²) in [5, 5.41) is 6.67. The lowest BCUT2D eigenvalue weighted by Gasteiger charge is -2.13. The Hall–Kier alpha value is -1.48. The SMILES string of the molecule is O=C(CNc1cccc(Cl)c1)NCCC1=CCCCC1. The van der Waals surface area contributed by atoms with Crippen LogP contribution in [0.4, 0.5) is 5.69 Å². The zero-order chi connectivity index (χ0) is 14.2. The number of rotatable bonds is 6. The summed E-state index contributed by atoms with van der Waals surface area (Å²) in [6.45, 7) is 1.00. The van der Waals surface area contributed by atoms with Crippen molar-refractivity contribution in [2.75, 3.05) is 18.4 Å². The van der Waals surface area contributed by atoms with E-state index in [0.29, 0.717) is 5.02 Å². The second-order valence-electron chi connectivity index (χ2n) is 5.07. The van der Waals surface area contributed by atoms with Gasteiger partial charge in [0.1, 0.15) is 0 Å². The van der Waals surface area contributed by atoms with Crippen molar-refractivity contribution in [3.8, 4) is 0 Å². The van der Waals surface area contributed by atoms with Gasteiger partial charge in [0.25, 0.3) is 0 Å². The molecule has 1 aliphatic rings. The van der Waals surface area contributed by atoms with Crippen molar-refractivity contribution in [1.82, 2.24) is 5.32 Å². The number of nitrogens with one attached hydrogen (secondary N) is 2. The number of carbonyl (C=O) groups excluding carboxylic acids is 1. The smallest absolute Gasteiger partial charge is 0.239 e. The molecule has 0 spiro atoms. The molecule has 1 aromatic carbocycles. The Bertz CT molecular complexity index is 485. The van der Waals surface area contributed by atoms with Crippen LogP contribution in [0, 0.1) is 0 Å². The summed E-state index contributed by atoms with van der Waals surface area (Å²) < 4.78 is 0. The lowest BCUT2D eigenvalue weighted by molar-refractivity contribution is -0.119. The van der Waals surface area contributed by atoms with Crippen LogP contribution in [-0.2, 0) is 4.79 Å². The van der Waals surface area contributed by atoms with Gasteiger partial charge in [-0.3, -0.25) is 4.79 Å². The van der Waals surface area contributed by atoms with Crippen molar-refractivity contribution in [1.29, 1.82) is 0 Å². The minimum atomic E-state index is 0.0152. The third-order valence-corrected chi connectivity index (χ3v) is 3.67. The summed E-state index contributed by atoms with van der Waals surface area (Å²) in [4.78, 5) is 11.7. The van der Waals surface area contributed by atoms with Crippen molar-refractivity contribution < 1.29 is 4.79 Å².